The van der Waals surface area contributed by atoms with Crippen molar-refractivity contribution in [2.24, 2.45) is 0 Å². The van der Waals surface area contributed by atoms with Gasteiger partial charge in [-0.3, -0.25) is 19.2 Å². The Morgan fingerprint density at radius 2 is 1.85 bits per heavy atom. The van der Waals surface area contributed by atoms with Crippen LogP contribution in [0.25, 0.3) is 5.69 Å². The molecule has 1 saturated carbocycles. The highest BCUT2D eigenvalue weighted by atomic mass is 16.5. The standard InChI is InChI=1S/C23H27N5O6/c29-19(27-11-5-10-18(27)23(33)25-15-6-4-7-15)14-34-20-12-17(22(32)24-13-21(30)31)26-28(20)16-8-2-1-3-9-16/h1-3,8-9,12,15,18H,4-7,10-11,13-14H2,(H,24,32)(H,25,33)(H,30,31)/t18-/m0/s1. The van der Waals surface area contributed by atoms with E-state index in [4.69, 9.17) is 9.84 Å². The van der Waals surface area contributed by atoms with E-state index in [9.17, 15) is 19.2 Å². The Balaban J connectivity index is 1.45. The number of ether oxygens (including phenoxy) is 1. The molecule has 4 rings (SSSR count). The van der Waals surface area contributed by atoms with Crippen LogP contribution in [0.1, 0.15) is 42.6 Å². The normalized spacial score (nSPS) is 17.6. The maximum atomic E-state index is 12.9. The van der Waals surface area contributed by atoms with Crippen LogP contribution < -0.4 is 15.4 Å². The van der Waals surface area contributed by atoms with Gasteiger partial charge in [0.25, 0.3) is 11.8 Å². The molecule has 0 bridgehead atoms. The third kappa shape index (κ3) is 5.36. The minimum absolute atomic E-state index is 0.0496. The number of likely N-dealkylation sites (tertiary alicyclic amines) is 1. The van der Waals surface area contributed by atoms with Gasteiger partial charge in [-0.1, -0.05) is 18.2 Å². The molecular weight excluding hydrogens is 442 g/mol. The predicted octanol–water partition coefficient (Wildman–Crippen LogP) is 0.725. The maximum absolute atomic E-state index is 12.9. The number of carboxylic acid groups (broad SMARTS) is 1. The fourth-order valence-electron chi connectivity index (χ4n) is 3.98. The molecule has 1 aliphatic heterocycles. The van der Waals surface area contributed by atoms with E-state index < -0.39 is 24.5 Å². The number of hydrogen-bond acceptors (Lipinski definition) is 6. The predicted molar refractivity (Wildman–Crippen MR) is 120 cm³/mol. The van der Waals surface area contributed by atoms with Gasteiger partial charge in [-0.05, 0) is 44.2 Å². The monoisotopic (exact) mass is 469 g/mol. The van der Waals surface area contributed by atoms with Gasteiger partial charge in [0.15, 0.2) is 12.3 Å². The van der Waals surface area contributed by atoms with Crippen LogP contribution in [-0.4, -0.2) is 75.3 Å². The number of aliphatic carboxylic acids is 1. The molecule has 2 heterocycles. The number of hydrogen-bond donors (Lipinski definition) is 3. The van der Waals surface area contributed by atoms with Gasteiger partial charge in [0.2, 0.25) is 11.8 Å². The van der Waals surface area contributed by atoms with Gasteiger partial charge in [0, 0.05) is 18.7 Å². The van der Waals surface area contributed by atoms with Crippen LogP contribution in [0.5, 0.6) is 5.88 Å². The first-order chi connectivity index (χ1) is 16.4. The maximum Gasteiger partial charge on any atom is 0.322 e. The summed E-state index contributed by atoms with van der Waals surface area (Å²) in [6, 6.07) is 9.93. The molecule has 180 valence electrons. The smallest absolute Gasteiger partial charge is 0.322 e. The Hall–Kier alpha value is -3.89. The highest BCUT2D eigenvalue weighted by Gasteiger charge is 2.35. The minimum Gasteiger partial charge on any atom is -0.480 e. The number of benzene rings is 1. The molecule has 2 aromatic rings. The molecule has 1 aromatic heterocycles. The number of carbonyl (C=O) groups excluding carboxylic acids is 3. The van der Waals surface area contributed by atoms with Gasteiger partial charge in [-0.25, -0.2) is 4.68 Å². The summed E-state index contributed by atoms with van der Waals surface area (Å²) in [6.07, 6.45) is 4.41. The van der Waals surface area contributed by atoms with Crippen molar-refractivity contribution in [3.63, 3.8) is 0 Å². The van der Waals surface area contributed by atoms with Crippen molar-refractivity contribution in [2.75, 3.05) is 19.7 Å². The number of nitrogens with one attached hydrogen (secondary N) is 2. The fourth-order valence-corrected chi connectivity index (χ4v) is 3.98. The van der Waals surface area contributed by atoms with Gasteiger partial charge < -0.3 is 25.4 Å². The molecule has 0 unspecified atom stereocenters. The lowest BCUT2D eigenvalue weighted by molar-refractivity contribution is -0.140. The molecule has 3 N–H and O–H groups in total. The first-order valence-electron chi connectivity index (χ1n) is 11.3. The zero-order chi connectivity index (χ0) is 24.1. The molecule has 1 saturated heterocycles. The van der Waals surface area contributed by atoms with Crippen LogP contribution >= 0.6 is 0 Å². The Morgan fingerprint density at radius 1 is 1.09 bits per heavy atom. The summed E-state index contributed by atoms with van der Waals surface area (Å²) in [7, 11) is 0. The van der Waals surface area contributed by atoms with Crippen molar-refractivity contribution in [3.05, 3.63) is 42.1 Å². The Bertz CT molecular complexity index is 1070. The molecule has 0 spiro atoms. The molecular formula is C23H27N5O6. The Labute approximate surface area is 196 Å². The zero-order valence-corrected chi connectivity index (χ0v) is 18.6. The number of amides is 3. The lowest BCUT2D eigenvalue weighted by Crippen LogP contribution is -2.51. The van der Waals surface area contributed by atoms with E-state index in [1.807, 2.05) is 6.07 Å². The SMILES string of the molecule is O=C(O)CNC(=O)c1cc(OCC(=O)N2CCC[C@H]2C(=O)NC2CCC2)n(-c2ccccc2)n1. The van der Waals surface area contributed by atoms with E-state index >= 15 is 0 Å². The van der Waals surface area contributed by atoms with Gasteiger partial charge in [0.05, 0.1) is 5.69 Å². The van der Waals surface area contributed by atoms with E-state index in [-0.39, 0.29) is 36.0 Å². The molecule has 11 nitrogen and oxygen atoms in total. The molecule has 2 fully saturated rings. The third-order valence-electron chi connectivity index (χ3n) is 5.98. The second-order valence-electron chi connectivity index (χ2n) is 8.36. The minimum atomic E-state index is -1.18. The summed E-state index contributed by atoms with van der Waals surface area (Å²) in [5.41, 5.74) is 0.549. The van der Waals surface area contributed by atoms with Gasteiger partial charge in [0.1, 0.15) is 12.6 Å². The van der Waals surface area contributed by atoms with Gasteiger partial charge in [-0.2, -0.15) is 5.10 Å². The Kier molecular flexibility index (Phi) is 7.09. The second-order valence-corrected chi connectivity index (χ2v) is 8.36. The van der Waals surface area contributed by atoms with Gasteiger partial charge >= 0.3 is 5.97 Å². The van der Waals surface area contributed by atoms with E-state index in [0.717, 1.165) is 25.7 Å². The number of para-hydroxylation sites is 1. The van der Waals surface area contributed by atoms with E-state index in [0.29, 0.717) is 18.7 Å². The quantitative estimate of drug-likeness (QED) is 0.491. The molecule has 11 heteroatoms. The summed E-state index contributed by atoms with van der Waals surface area (Å²) in [4.78, 5) is 50.1. The fraction of sp³-hybridized carbons (Fsp3) is 0.435. The topological polar surface area (TPSA) is 143 Å². The van der Waals surface area contributed by atoms with Crippen LogP contribution in [0.4, 0.5) is 0 Å². The molecule has 3 amide bonds. The first kappa shape index (κ1) is 23.3. The summed E-state index contributed by atoms with van der Waals surface area (Å²) < 4.78 is 7.11. The number of rotatable bonds is 9. The largest absolute Gasteiger partial charge is 0.480 e. The van der Waals surface area contributed by atoms with Crippen molar-refractivity contribution in [2.45, 2.75) is 44.2 Å². The number of carbonyl (C=O) groups is 4. The van der Waals surface area contributed by atoms with Crippen molar-refractivity contribution < 1.29 is 29.0 Å². The molecule has 2 aliphatic rings. The van der Waals surface area contributed by atoms with E-state index in [1.165, 1.54) is 15.6 Å². The number of nitrogens with zero attached hydrogens (tertiary/aromatic N) is 3. The van der Waals surface area contributed by atoms with Crippen LogP contribution in [0, 0.1) is 0 Å². The highest BCUT2D eigenvalue weighted by Crippen LogP contribution is 2.23. The average molecular weight is 469 g/mol. The van der Waals surface area contributed by atoms with Crippen molar-refractivity contribution in [1.82, 2.24) is 25.3 Å². The van der Waals surface area contributed by atoms with Crippen molar-refractivity contribution in [1.29, 1.82) is 0 Å². The summed E-state index contributed by atoms with van der Waals surface area (Å²) in [5.74, 6) is -2.17. The van der Waals surface area contributed by atoms with Gasteiger partial charge in [-0.15, -0.1) is 0 Å². The van der Waals surface area contributed by atoms with Crippen LogP contribution in [-0.2, 0) is 14.4 Å². The molecule has 34 heavy (non-hydrogen) atoms. The number of aromatic nitrogens is 2. The van der Waals surface area contributed by atoms with Crippen LogP contribution in [0.2, 0.25) is 0 Å². The summed E-state index contributed by atoms with van der Waals surface area (Å²) in [6.45, 7) is -0.404. The molecule has 0 radical (unpaired) electrons. The molecule has 1 aromatic carbocycles. The molecule has 1 atom stereocenters. The lowest BCUT2D eigenvalue weighted by atomic mass is 9.93. The van der Waals surface area contributed by atoms with Crippen molar-refractivity contribution in [3.8, 4) is 11.6 Å². The van der Waals surface area contributed by atoms with Crippen molar-refractivity contribution >= 4 is 23.7 Å². The van der Waals surface area contributed by atoms with Crippen LogP contribution in [0.3, 0.4) is 0 Å². The van der Waals surface area contributed by atoms with Crippen LogP contribution in [0.15, 0.2) is 36.4 Å². The zero-order valence-electron chi connectivity index (χ0n) is 18.6. The summed E-state index contributed by atoms with van der Waals surface area (Å²) in [5, 5.41) is 18.3. The number of carboxylic acids is 1. The first-order valence-corrected chi connectivity index (χ1v) is 11.3. The highest BCUT2D eigenvalue weighted by molar-refractivity contribution is 5.94. The second kappa shape index (κ2) is 10.4. The average Bonchev–Trinajstić information content (AvgIpc) is 3.46. The third-order valence-corrected chi connectivity index (χ3v) is 5.98. The van der Waals surface area contributed by atoms with E-state index in [1.54, 1.807) is 24.3 Å². The Morgan fingerprint density at radius 3 is 2.53 bits per heavy atom. The van der Waals surface area contributed by atoms with E-state index in [2.05, 4.69) is 15.7 Å². The summed E-state index contributed by atoms with van der Waals surface area (Å²) >= 11 is 0. The lowest BCUT2D eigenvalue weighted by Gasteiger charge is -2.30. The molecule has 1 aliphatic carbocycles.